The molecule has 2 rings (SSSR count). The minimum atomic E-state index is -0.751. The molecular formula is C19H21ClN2O6. The number of nitrogens with one attached hydrogen (secondary N) is 1. The smallest absolute Gasteiger partial charge is 0.342 e. The molecule has 3 N–H and O–H groups in total. The normalized spacial score (nSPS) is 10.1. The second-order valence-corrected chi connectivity index (χ2v) is 5.91. The van der Waals surface area contributed by atoms with Crippen LogP contribution in [0.1, 0.15) is 10.4 Å². The van der Waals surface area contributed by atoms with E-state index in [4.69, 9.17) is 36.3 Å². The number of benzene rings is 2. The van der Waals surface area contributed by atoms with E-state index >= 15 is 0 Å². The first-order chi connectivity index (χ1) is 13.5. The van der Waals surface area contributed by atoms with Gasteiger partial charge in [0, 0.05) is 6.07 Å². The lowest BCUT2D eigenvalue weighted by molar-refractivity contribution is -0.124. The zero-order chi connectivity index (χ0) is 20.5. The molecule has 0 atom stereocenters. The molecule has 0 saturated carbocycles. The Bertz CT molecular complexity index is 843. The molecule has 0 aliphatic heterocycles. The second-order valence-electron chi connectivity index (χ2n) is 5.50. The molecule has 0 aliphatic rings. The summed E-state index contributed by atoms with van der Waals surface area (Å²) in [6, 6.07) is 9.91. The summed E-state index contributed by atoms with van der Waals surface area (Å²) in [5.74, 6) is 0.144. The average molecular weight is 409 g/mol. The van der Waals surface area contributed by atoms with Crippen molar-refractivity contribution in [1.29, 1.82) is 0 Å². The minimum Gasteiger partial charge on any atom is -0.496 e. The molecule has 9 heteroatoms. The third-order valence-corrected chi connectivity index (χ3v) is 3.95. The summed E-state index contributed by atoms with van der Waals surface area (Å²) in [6.07, 6.45) is 0. The van der Waals surface area contributed by atoms with Gasteiger partial charge in [0.1, 0.15) is 17.9 Å². The van der Waals surface area contributed by atoms with Gasteiger partial charge in [-0.25, -0.2) is 4.79 Å². The Balaban J connectivity index is 1.78. The van der Waals surface area contributed by atoms with Gasteiger partial charge in [0.25, 0.3) is 5.91 Å². The standard InChI is InChI=1S/C19H21ClN2O6/c1-25-15-5-3-4-6-16(15)27-8-7-22-18(23)11-28-19(24)12-9-13(20)14(21)10-17(12)26-2/h3-6,9-10H,7-8,11,21H2,1-2H3,(H,22,23). The van der Waals surface area contributed by atoms with Crippen LogP contribution in [0.3, 0.4) is 0 Å². The fraction of sp³-hybridized carbons (Fsp3) is 0.263. The van der Waals surface area contributed by atoms with Crippen LogP contribution < -0.4 is 25.3 Å². The van der Waals surface area contributed by atoms with Gasteiger partial charge in [0.2, 0.25) is 0 Å². The first kappa shape index (κ1) is 21.2. The van der Waals surface area contributed by atoms with E-state index in [0.29, 0.717) is 11.5 Å². The van der Waals surface area contributed by atoms with Crippen molar-refractivity contribution in [3.63, 3.8) is 0 Å². The van der Waals surface area contributed by atoms with Crippen molar-refractivity contribution >= 4 is 29.2 Å². The Morgan fingerprint density at radius 3 is 2.43 bits per heavy atom. The van der Waals surface area contributed by atoms with Crippen molar-refractivity contribution in [3.05, 3.63) is 47.0 Å². The van der Waals surface area contributed by atoms with Crippen LogP contribution in [0.2, 0.25) is 5.02 Å². The number of hydrogen-bond donors (Lipinski definition) is 2. The SMILES string of the molecule is COc1ccccc1OCCNC(=O)COC(=O)c1cc(Cl)c(N)cc1OC. The van der Waals surface area contributed by atoms with Crippen LogP contribution in [0.4, 0.5) is 5.69 Å². The quantitative estimate of drug-likeness (QED) is 0.372. The highest BCUT2D eigenvalue weighted by molar-refractivity contribution is 6.33. The summed E-state index contributed by atoms with van der Waals surface area (Å²) in [4.78, 5) is 24.0. The Hall–Kier alpha value is -3.13. The first-order valence-electron chi connectivity index (χ1n) is 8.29. The number of para-hydroxylation sites is 2. The van der Waals surface area contributed by atoms with Crippen molar-refractivity contribution in [2.75, 3.05) is 39.7 Å². The van der Waals surface area contributed by atoms with Gasteiger partial charge in [-0.15, -0.1) is 0 Å². The molecule has 1 amide bonds. The number of carbonyl (C=O) groups is 2. The number of amides is 1. The van der Waals surface area contributed by atoms with Crippen molar-refractivity contribution in [1.82, 2.24) is 5.32 Å². The maximum Gasteiger partial charge on any atom is 0.342 e. The number of halogens is 1. The molecule has 0 spiro atoms. The lowest BCUT2D eigenvalue weighted by Crippen LogP contribution is -2.32. The molecule has 0 radical (unpaired) electrons. The molecule has 0 aromatic heterocycles. The van der Waals surface area contributed by atoms with E-state index in [2.05, 4.69) is 5.32 Å². The Morgan fingerprint density at radius 1 is 1.07 bits per heavy atom. The maximum atomic E-state index is 12.2. The first-order valence-corrected chi connectivity index (χ1v) is 8.66. The van der Waals surface area contributed by atoms with E-state index in [0.717, 1.165) is 0 Å². The van der Waals surface area contributed by atoms with E-state index < -0.39 is 18.5 Å². The fourth-order valence-corrected chi connectivity index (χ4v) is 2.41. The topological polar surface area (TPSA) is 109 Å². The largest absolute Gasteiger partial charge is 0.496 e. The maximum absolute atomic E-state index is 12.2. The molecule has 150 valence electrons. The number of anilines is 1. The minimum absolute atomic E-state index is 0.0778. The molecule has 0 heterocycles. The van der Waals surface area contributed by atoms with Gasteiger partial charge in [0.15, 0.2) is 18.1 Å². The number of nitrogen functional groups attached to an aromatic ring is 1. The van der Waals surface area contributed by atoms with E-state index in [-0.39, 0.29) is 35.2 Å². The number of nitrogens with two attached hydrogens (primary N) is 1. The van der Waals surface area contributed by atoms with Gasteiger partial charge in [-0.3, -0.25) is 4.79 Å². The monoisotopic (exact) mass is 408 g/mol. The zero-order valence-electron chi connectivity index (χ0n) is 15.5. The Labute approximate surface area is 167 Å². The molecule has 28 heavy (non-hydrogen) atoms. The number of carbonyl (C=O) groups excluding carboxylic acids is 2. The molecular weight excluding hydrogens is 388 g/mol. The summed E-state index contributed by atoms with van der Waals surface area (Å²) in [7, 11) is 2.93. The van der Waals surface area contributed by atoms with Crippen molar-refractivity contribution < 1.29 is 28.5 Å². The number of hydrogen-bond acceptors (Lipinski definition) is 7. The summed E-state index contributed by atoms with van der Waals surface area (Å²) in [5.41, 5.74) is 6.01. The van der Waals surface area contributed by atoms with Crippen LogP contribution in [0.5, 0.6) is 17.2 Å². The molecule has 2 aromatic carbocycles. The molecule has 2 aromatic rings. The third-order valence-electron chi connectivity index (χ3n) is 3.62. The van der Waals surface area contributed by atoms with Crippen molar-refractivity contribution in [2.24, 2.45) is 0 Å². The predicted octanol–water partition coefficient (Wildman–Crippen LogP) is 2.29. The Kier molecular flexibility index (Phi) is 7.76. The predicted molar refractivity (Wildman–Crippen MR) is 104 cm³/mol. The highest BCUT2D eigenvalue weighted by atomic mass is 35.5. The second kappa shape index (κ2) is 10.3. The average Bonchev–Trinajstić information content (AvgIpc) is 2.71. The van der Waals surface area contributed by atoms with E-state index in [1.807, 2.05) is 12.1 Å². The van der Waals surface area contributed by atoms with Gasteiger partial charge in [-0.05, 0) is 18.2 Å². The number of ether oxygens (including phenoxy) is 4. The van der Waals surface area contributed by atoms with Crippen molar-refractivity contribution in [3.8, 4) is 17.2 Å². The lowest BCUT2D eigenvalue weighted by atomic mass is 10.2. The number of esters is 1. The zero-order valence-corrected chi connectivity index (χ0v) is 16.2. The van der Waals surface area contributed by atoms with Gasteiger partial charge in [0.05, 0.1) is 31.5 Å². The lowest BCUT2D eigenvalue weighted by Gasteiger charge is -2.12. The van der Waals surface area contributed by atoms with Crippen molar-refractivity contribution in [2.45, 2.75) is 0 Å². The molecule has 0 aliphatic carbocycles. The van der Waals surface area contributed by atoms with E-state index in [9.17, 15) is 9.59 Å². The summed E-state index contributed by atoms with van der Waals surface area (Å²) in [5, 5.41) is 2.77. The highest BCUT2D eigenvalue weighted by Crippen LogP contribution is 2.29. The number of rotatable bonds is 9. The van der Waals surface area contributed by atoms with Crippen LogP contribution in [0.15, 0.2) is 36.4 Å². The highest BCUT2D eigenvalue weighted by Gasteiger charge is 2.17. The van der Waals surface area contributed by atoms with E-state index in [1.165, 1.54) is 19.2 Å². The molecule has 0 fully saturated rings. The van der Waals surface area contributed by atoms with Crippen LogP contribution >= 0.6 is 11.6 Å². The van der Waals surface area contributed by atoms with E-state index in [1.54, 1.807) is 19.2 Å². The molecule has 0 unspecified atom stereocenters. The van der Waals surface area contributed by atoms with Crippen LogP contribution in [-0.2, 0) is 9.53 Å². The molecule has 0 bridgehead atoms. The molecule has 0 saturated heterocycles. The third kappa shape index (κ3) is 5.68. The summed E-state index contributed by atoms with van der Waals surface area (Å²) in [6.45, 7) is -0.00839. The van der Waals surface area contributed by atoms with Crippen LogP contribution in [-0.4, -0.2) is 45.9 Å². The van der Waals surface area contributed by atoms with Gasteiger partial charge < -0.3 is 30.0 Å². The number of methoxy groups -OCH3 is 2. The van der Waals surface area contributed by atoms with Crippen LogP contribution in [0.25, 0.3) is 0 Å². The fourth-order valence-electron chi connectivity index (χ4n) is 2.25. The van der Waals surface area contributed by atoms with Gasteiger partial charge in [-0.1, -0.05) is 23.7 Å². The summed E-state index contributed by atoms with van der Waals surface area (Å²) < 4.78 is 20.8. The summed E-state index contributed by atoms with van der Waals surface area (Å²) >= 11 is 5.92. The van der Waals surface area contributed by atoms with Gasteiger partial charge >= 0.3 is 5.97 Å². The van der Waals surface area contributed by atoms with Crippen LogP contribution in [0, 0.1) is 0 Å². The Morgan fingerprint density at radius 2 is 1.75 bits per heavy atom. The van der Waals surface area contributed by atoms with Gasteiger partial charge in [-0.2, -0.15) is 0 Å². The molecule has 8 nitrogen and oxygen atoms in total.